The first-order valence-electron chi connectivity index (χ1n) is 7.43. The summed E-state index contributed by atoms with van der Waals surface area (Å²) in [6.45, 7) is 2.32. The third-order valence-corrected chi connectivity index (χ3v) is 8.55. The van der Waals surface area contributed by atoms with Crippen molar-refractivity contribution in [2.75, 3.05) is 6.16 Å². The lowest BCUT2D eigenvalue weighted by Gasteiger charge is -2.26. The summed E-state index contributed by atoms with van der Waals surface area (Å²) < 4.78 is 0. The zero-order chi connectivity index (χ0) is 14.5. The molecule has 0 saturated carbocycles. The van der Waals surface area contributed by atoms with Gasteiger partial charge in [-0.2, -0.15) is 0 Å². The summed E-state index contributed by atoms with van der Waals surface area (Å²) in [6.07, 6.45) is 1.14. The van der Waals surface area contributed by atoms with Gasteiger partial charge in [0.2, 0.25) is 0 Å². The van der Waals surface area contributed by atoms with Crippen molar-refractivity contribution in [3.8, 4) is 0 Å². The Hall–Kier alpha value is -1.85. The highest BCUT2D eigenvalue weighted by atomic mass is 31.2. The molecule has 0 amide bonds. The van der Waals surface area contributed by atoms with Gasteiger partial charge >= 0.3 is 0 Å². The molecule has 112 valence electrons. The van der Waals surface area contributed by atoms with Crippen molar-refractivity contribution in [3.05, 3.63) is 91.0 Å². The minimum Gasteiger partial charge on any atom is -0.0626 e. The lowest BCUT2D eigenvalue weighted by Crippen LogP contribution is -2.32. The summed E-state index contributed by atoms with van der Waals surface area (Å²) in [7, 11) is -1.53. The Morgan fingerprint density at radius 3 is 1.05 bits per heavy atom. The van der Waals surface area contributed by atoms with Crippen LogP contribution in [-0.2, 0) is 0 Å². The Bertz CT molecular complexity index is 584. The van der Waals surface area contributed by atoms with E-state index < -0.39 is 7.26 Å². The molecule has 0 spiro atoms. The van der Waals surface area contributed by atoms with E-state index in [-0.39, 0.29) is 8.41 Å². The van der Waals surface area contributed by atoms with E-state index in [0.29, 0.717) is 0 Å². The predicted molar refractivity (Wildman–Crippen MR) is 107 cm³/mol. The van der Waals surface area contributed by atoms with Gasteiger partial charge in [-0.15, -0.1) is 0 Å². The van der Waals surface area contributed by atoms with Crippen molar-refractivity contribution in [2.24, 2.45) is 0 Å². The smallest absolute Gasteiger partial charge is 0.0626 e. The largest absolute Gasteiger partial charge is 0.111 e. The second-order valence-electron chi connectivity index (χ2n) is 5.13. The fourth-order valence-corrected chi connectivity index (χ4v) is 7.08. The third kappa shape index (κ3) is 2.87. The zero-order valence-electron chi connectivity index (χ0n) is 12.3. The van der Waals surface area contributed by atoms with Gasteiger partial charge in [0, 0.05) is 0 Å². The summed E-state index contributed by atoms with van der Waals surface area (Å²) in [4.78, 5) is 0. The van der Waals surface area contributed by atoms with E-state index in [1.165, 1.54) is 15.9 Å². The molecule has 22 heavy (non-hydrogen) atoms. The minimum absolute atomic E-state index is 0. The van der Waals surface area contributed by atoms with E-state index >= 15 is 0 Å². The Balaban J connectivity index is 0.00000176. The van der Waals surface area contributed by atoms with Crippen LogP contribution in [0.3, 0.4) is 0 Å². The summed E-state index contributed by atoms with van der Waals surface area (Å²) >= 11 is 0. The van der Waals surface area contributed by atoms with Crippen LogP contribution in [-0.4, -0.2) is 14.6 Å². The number of hydrogen-bond donors (Lipinski definition) is 0. The fourth-order valence-electron chi connectivity index (χ4n) is 3.04. The number of benzene rings is 3. The van der Waals surface area contributed by atoms with Gasteiger partial charge in [-0.1, -0.05) is 63.0 Å². The second kappa shape index (κ2) is 7.43. The Labute approximate surface area is 136 Å². The molecule has 0 aliphatic carbocycles. The first kappa shape index (κ1) is 16.5. The normalized spacial score (nSPS) is 10.8. The van der Waals surface area contributed by atoms with E-state index in [1.54, 1.807) is 0 Å². The lowest BCUT2D eigenvalue weighted by atomic mass is 10.4. The Kier molecular flexibility index (Phi) is 5.58. The van der Waals surface area contributed by atoms with Crippen molar-refractivity contribution in [3.63, 3.8) is 0 Å². The van der Waals surface area contributed by atoms with Gasteiger partial charge in [0.25, 0.3) is 0 Å². The molecule has 0 radical (unpaired) electrons. The monoisotopic (exact) mass is 306 g/mol. The van der Waals surface area contributed by atoms with Crippen molar-refractivity contribution >= 4 is 31.6 Å². The van der Waals surface area contributed by atoms with Gasteiger partial charge in [0.15, 0.2) is 0 Å². The summed E-state index contributed by atoms with van der Waals surface area (Å²) in [5, 5.41) is 4.39. The average Bonchev–Trinajstić information content (AvgIpc) is 2.59. The van der Waals surface area contributed by atoms with Gasteiger partial charge in [-0.25, -0.2) is 0 Å². The Morgan fingerprint density at radius 1 is 0.545 bits per heavy atom. The molecule has 0 unspecified atom stereocenters. The van der Waals surface area contributed by atoms with Gasteiger partial charge < -0.3 is 0 Å². The molecule has 0 N–H and O–H groups in total. The molecule has 0 heterocycles. The SMILES string of the molecule is CC[P+](c1ccccc1)(c1ccccc1)c1ccccc1.[BH4-]. The molecule has 3 rings (SSSR count). The van der Waals surface area contributed by atoms with Gasteiger partial charge in [-0.05, 0) is 43.3 Å². The minimum atomic E-state index is -1.53. The molecule has 0 aliphatic heterocycles. The highest BCUT2D eigenvalue weighted by Gasteiger charge is 2.43. The van der Waals surface area contributed by atoms with E-state index in [4.69, 9.17) is 0 Å². The maximum Gasteiger partial charge on any atom is 0.111 e. The zero-order valence-corrected chi connectivity index (χ0v) is 13.2. The predicted octanol–water partition coefficient (Wildman–Crippen LogP) is 2.55. The van der Waals surface area contributed by atoms with Crippen LogP contribution in [0, 0.1) is 0 Å². The van der Waals surface area contributed by atoms with Crippen LogP contribution in [0.1, 0.15) is 6.92 Å². The topological polar surface area (TPSA) is 0 Å². The molecule has 0 aliphatic rings. The van der Waals surface area contributed by atoms with Gasteiger partial charge in [0.05, 0.1) is 6.16 Å². The lowest BCUT2D eigenvalue weighted by molar-refractivity contribution is 1.48. The van der Waals surface area contributed by atoms with Crippen LogP contribution in [0.25, 0.3) is 0 Å². The van der Waals surface area contributed by atoms with Gasteiger partial charge in [-0.3, -0.25) is 0 Å². The molecule has 3 aromatic rings. The maximum atomic E-state index is 2.32. The number of hydrogen-bond acceptors (Lipinski definition) is 0. The van der Waals surface area contributed by atoms with Crippen molar-refractivity contribution in [1.29, 1.82) is 0 Å². The van der Waals surface area contributed by atoms with E-state index in [9.17, 15) is 0 Å². The van der Waals surface area contributed by atoms with Crippen LogP contribution in [0.15, 0.2) is 91.0 Å². The first-order chi connectivity index (χ1) is 10.4. The highest BCUT2D eigenvalue weighted by Crippen LogP contribution is 2.54. The molecule has 0 atom stereocenters. The molecule has 0 saturated heterocycles. The molecule has 0 fully saturated rings. The molecule has 3 aromatic carbocycles. The standard InChI is InChI=1S/C20H20P.BH4/c1-2-21(18-12-6-3-7-13-18,19-14-8-4-9-15-19)20-16-10-5-11-17-20;/h3-17H,2H2,1H3;1H4/q+1;-1. The van der Waals surface area contributed by atoms with Gasteiger partial charge in [0.1, 0.15) is 23.2 Å². The average molecular weight is 306 g/mol. The van der Waals surface area contributed by atoms with Crippen molar-refractivity contribution < 1.29 is 0 Å². The fraction of sp³-hybridized carbons (Fsp3) is 0.100. The quantitative estimate of drug-likeness (QED) is 0.513. The van der Waals surface area contributed by atoms with Crippen LogP contribution in [0.4, 0.5) is 0 Å². The molecule has 0 bridgehead atoms. The number of rotatable bonds is 4. The summed E-state index contributed by atoms with van der Waals surface area (Å²) in [5.74, 6) is 0. The van der Waals surface area contributed by atoms with Crippen molar-refractivity contribution in [1.82, 2.24) is 0 Å². The Morgan fingerprint density at radius 2 is 0.818 bits per heavy atom. The van der Waals surface area contributed by atoms with E-state index in [0.717, 1.165) is 6.16 Å². The maximum absolute atomic E-state index is 2.32. The van der Waals surface area contributed by atoms with E-state index in [2.05, 4.69) is 97.9 Å². The van der Waals surface area contributed by atoms with Crippen LogP contribution in [0.2, 0.25) is 0 Å². The van der Waals surface area contributed by atoms with Crippen LogP contribution in [0.5, 0.6) is 0 Å². The second-order valence-corrected chi connectivity index (χ2v) is 8.93. The summed E-state index contributed by atoms with van der Waals surface area (Å²) in [6, 6.07) is 33.0. The molecule has 0 aromatic heterocycles. The molecule has 2 heteroatoms. The molecular weight excluding hydrogens is 282 g/mol. The van der Waals surface area contributed by atoms with Crippen molar-refractivity contribution in [2.45, 2.75) is 6.92 Å². The van der Waals surface area contributed by atoms with Crippen LogP contribution >= 0.6 is 7.26 Å². The first-order valence-corrected chi connectivity index (χ1v) is 9.40. The molecule has 0 nitrogen and oxygen atoms in total. The third-order valence-electron chi connectivity index (χ3n) is 4.07. The van der Waals surface area contributed by atoms with Crippen LogP contribution < -0.4 is 15.9 Å². The molecular formula is C20H24BP. The van der Waals surface area contributed by atoms with E-state index in [1.807, 2.05) is 0 Å². The summed E-state index contributed by atoms with van der Waals surface area (Å²) in [5.41, 5.74) is 0. The highest BCUT2D eigenvalue weighted by molar-refractivity contribution is 7.95.